The maximum atomic E-state index is 12.0. The monoisotopic (exact) mass is 251 g/mol. The summed E-state index contributed by atoms with van der Waals surface area (Å²) in [6, 6.07) is 9.38. The van der Waals surface area contributed by atoms with Crippen molar-refractivity contribution in [2.45, 2.75) is 12.3 Å². The Labute approximate surface area is 105 Å². The van der Waals surface area contributed by atoms with Gasteiger partial charge in [0.2, 0.25) is 0 Å². The van der Waals surface area contributed by atoms with Gasteiger partial charge in [0.1, 0.15) is 6.17 Å². The summed E-state index contributed by atoms with van der Waals surface area (Å²) >= 11 is 0. The first-order chi connectivity index (χ1) is 8.81. The van der Waals surface area contributed by atoms with Gasteiger partial charge in [-0.25, -0.2) is 10.9 Å². The largest absolute Gasteiger partial charge is 0.367 e. The Morgan fingerprint density at radius 1 is 1.33 bits per heavy atom. The van der Waals surface area contributed by atoms with Gasteiger partial charge in [-0.05, 0) is 5.56 Å². The molecule has 0 aromatic heterocycles. The molecule has 2 rings (SSSR count). The van der Waals surface area contributed by atoms with E-state index in [2.05, 4.69) is 27.2 Å². The molecule has 1 fully saturated rings. The van der Waals surface area contributed by atoms with Crippen LogP contribution < -0.4 is 27.2 Å². The Balaban J connectivity index is 1.89. The standard InChI is InChI=1S/C11H17N5O2/c1-18-10(8-5-3-2-4-6-8)11(17)12-7-9-13-15-16-14-9/h2-6,9-10,13-16H,7H2,1H3,(H,12,17). The Bertz CT molecular complexity index is 380. The molecular weight excluding hydrogens is 234 g/mol. The average Bonchev–Trinajstić information content (AvgIpc) is 2.92. The van der Waals surface area contributed by atoms with Crippen molar-refractivity contribution >= 4 is 5.91 Å². The summed E-state index contributed by atoms with van der Waals surface area (Å²) in [6.45, 7) is 0.436. The topological polar surface area (TPSA) is 86.5 Å². The van der Waals surface area contributed by atoms with Crippen molar-refractivity contribution in [3.8, 4) is 0 Å². The molecule has 1 atom stereocenters. The fourth-order valence-corrected chi connectivity index (χ4v) is 1.70. The summed E-state index contributed by atoms with van der Waals surface area (Å²) in [4.78, 5) is 12.0. The van der Waals surface area contributed by atoms with Crippen LogP contribution in [-0.2, 0) is 9.53 Å². The second kappa shape index (κ2) is 6.43. The van der Waals surface area contributed by atoms with E-state index in [1.165, 1.54) is 7.11 Å². The van der Waals surface area contributed by atoms with Crippen LogP contribution in [0.2, 0.25) is 0 Å². The fourth-order valence-electron chi connectivity index (χ4n) is 1.70. The minimum Gasteiger partial charge on any atom is -0.367 e. The molecule has 7 heteroatoms. The summed E-state index contributed by atoms with van der Waals surface area (Å²) in [5.41, 5.74) is 12.0. The van der Waals surface area contributed by atoms with E-state index >= 15 is 0 Å². The molecule has 1 aliphatic rings. The van der Waals surface area contributed by atoms with Crippen molar-refractivity contribution in [3.63, 3.8) is 0 Å². The van der Waals surface area contributed by atoms with Gasteiger partial charge in [-0.2, -0.15) is 11.1 Å². The maximum Gasteiger partial charge on any atom is 0.253 e. The van der Waals surface area contributed by atoms with Gasteiger partial charge in [-0.15, -0.1) is 0 Å². The lowest BCUT2D eigenvalue weighted by atomic mass is 10.1. The number of hydrazine groups is 3. The zero-order valence-corrected chi connectivity index (χ0v) is 10.1. The Morgan fingerprint density at radius 2 is 2.00 bits per heavy atom. The lowest BCUT2D eigenvalue weighted by Gasteiger charge is -2.17. The zero-order chi connectivity index (χ0) is 12.8. The predicted octanol–water partition coefficient (Wildman–Crippen LogP) is -1.07. The van der Waals surface area contributed by atoms with Crippen LogP contribution in [0.4, 0.5) is 0 Å². The van der Waals surface area contributed by atoms with Gasteiger partial charge < -0.3 is 10.1 Å². The number of ether oxygens (including phenoxy) is 1. The number of hydrogen-bond acceptors (Lipinski definition) is 6. The first-order valence-corrected chi connectivity index (χ1v) is 5.68. The molecule has 1 aromatic carbocycles. The van der Waals surface area contributed by atoms with Gasteiger partial charge in [-0.3, -0.25) is 4.79 Å². The number of carbonyl (C=O) groups is 1. The van der Waals surface area contributed by atoms with Gasteiger partial charge >= 0.3 is 0 Å². The smallest absolute Gasteiger partial charge is 0.253 e. The van der Waals surface area contributed by atoms with E-state index in [-0.39, 0.29) is 12.1 Å². The number of amides is 1. The van der Waals surface area contributed by atoms with Crippen molar-refractivity contribution in [1.82, 2.24) is 27.2 Å². The molecule has 0 aliphatic carbocycles. The first kappa shape index (κ1) is 12.9. The molecule has 1 aromatic rings. The van der Waals surface area contributed by atoms with Gasteiger partial charge in [0.15, 0.2) is 6.10 Å². The lowest BCUT2D eigenvalue weighted by Crippen LogP contribution is -2.46. The number of carbonyl (C=O) groups excluding carboxylic acids is 1. The molecule has 1 heterocycles. The quantitative estimate of drug-likeness (QED) is 0.458. The fraction of sp³-hybridized carbons (Fsp3) is 0.364. The molecule has 1 unspecified atom stereocenters. The van der Waals surface area contributed by atoms with Crippen LogP contribution in [0.5, 0.6) is 0 Å². The van der Waals surface area contributed by atoms with E-state index in [0.717, 1.165) is 5.56 Å². The molecule has 1 saturated heterocycles. The highest BCUT2D eigenvalue weighted by atomic mass is 16.5. The second-order valence-corrected chi connectivity index (χ2v) is 3.86. The number of nitrogens with one attached hydrogen (secondary N) is 5. The van der Waals surface area contributed by atoms with E-state index in [1.54, 1.807) is 0 Å². The molecule has 0 bridgehead atoms. The molecule has 98 valence electrons. The highest BCUT2D eigenvalue weighted by Crippen LogP contribution is 2.15. The third-order valence-electron chi connectivity index (χ3n) is 2.61. The van der Waals surface area contributed by atoms with E-state index in [9.17, 15) is 4.79 Å². The first-order valence-electron chi connectivity index (χ1n) is 5.68. The highest BCUT2D eigenvalue weighted by Gasteiger charge is 2.21. The van der Waals surface area contributed by atoms with Crippen molar-refractivity contribution in [2.75, 3.05) is 13.7 Å². The molecule has 0 radical (unpaired) electrons. The molecule has 1 amide bonds. The predicted molar refractivity (Wildman–Crippen MR) is 65.5 cm³/mol. The third kappa shape index (κ3) is 3.25. The van der Waals surface area contributed by atoms with Crippen molar-refractivity contribution in [2.24, 2.45) is 0 Å². The number of hydrogen-bond donors (Lipinski definition) is 5. The average molecular weight is 251 g/mol. The van der Waals surface area contributed by atoms with Crippen LogP contribution in [-0.4, -0.2) is 25.7 Å². The summed E-state index contributed by atoms with van der Waals surface area (Å²) in [5.74, 6) is -0.167. The van der Waals surface area contributed by atoms with Crippen LogP contribution in [0.3, 0.4) is 0 Å². The molecule has 5 N–H and O–H groups in total. The van der Waals surface area contributed by atoms with E-state index in [4.69, 9.17) is 4.74 Å². The van der Waals surface area contributed by atoms with Crippen LogP contribution >= 0.6 is 0 Å². The third-order valence-corrected chi connectivity index (χ3v) is 2.61. The lowest BCUT2D eigenvalue weighted by molar-refractivity contribution is -0.131. The van der Waals surface area contributed by atoms with Crippen LogP contribution in [0.15, 0.2) is 30.3 Å². The van der Waals surface area contributed by atoms with Crippen molar-refractivity contribution < 1.29 is 9.53 Å². The minimum atomic E-state index is -0.589. The maximum absolute atomic E-state index is 12.0. The van der Waals surface area contributed by atoms with Crippen LogP contribution in [0, 0.1) is 0 Å². The van der Waals surface area contributed by atoms with Gasteiger partial charge in [0, 0.05) is 13.7 Å². The molecular formula is C11H17N5O2. The summed E-state index contributed by atoms with van der Waals surface area (Å²) in [7, 11) is 1.52. The van der Waals surface area contributed by atoms with E-state index in [1.807, 2.05) is 30.3 Å². The summed E-state index contributed by atoms with van der Waals surface area (Å²) < 4.78 is 5.23. The van der Waals surface area contributed by atoms with Gasteiger partial charge in [0.05, 0.1) is 0 Å². The van der Waals surface area contributed by atoms with E-state index < -0.39 is 6.10 Å². The Morgan fingerprint density at radius 3 is 2.61 bits per heavy atom. The molecule has 7 nitrogen and oxygen atoms in total. The minimum absolute atomic E-state index is 0.0674. The second-order valence-electron chi connectivity index (χ2n) is 3.86. The van der Waals surface area contributed by atoms with Crippen molar-refractivity contribution in [3.05, 3.63) is 35.9 Å². The van der Waals surface area contributed by atoms with Crippen LogP contribution in [0.1, 0.15) is 11.7 Å². The SMILES string of the molecule is COC(C(=O)NCC1NNNN1)c1ccccc1. The highest BCUT2D eigenvalue weighted by molar-refractivity contribution is 5.82. The Hall–Kier alpha value is -1.51. The normalized spacial score (nSPS) is 17.6. The van der Waals surface area contributed by atoms with Crippen molar-refractivity contribution in [1.29, 1.82) is 0 Å². The molecule has 1 aliphatic heterocycles. The van der Waals surface area contributed by atoms with Gasteiger partial charge in [-0.1, -0.05) is 30.3 Å². The summed E-state index contributed by atoms with van der Waals surface area (Å²) in [6.07, 6.45) is -0.657. The summed E-state index contributed by atoms with van der Waals surface area (Å²) in [5, 5.41) is 2.81. The molecule has 0 spiro atoms. The van der Waals surface area contributed by atoms with E-state index in [0.29, 0.717) is 6.54 Å². The number of methoxy groups -OCH3 is 1. The molecule has 18 heavy (non-hydrogen) atoms. The number of rotatable bonds is 5. The zero-order valence-electron chi connectivity index (χ0n) is 10.1. The van der Waals surface area contributed by atoms with Gasteiger partial charge in [0.25, 0.3) is 5.91 Å². The van der Waals surface area contributed by atoms with Crippen LogP contribution in [0.25, 0.3) is 0 Å². The molecule has 0 saturated carbocycles. The number of benzene rings is 1. The Kier molecular flexibility index (Phi) is 4.62.